The van der Waals surface area contributed by atoms with Gasteiger partial charge in [-0.1, -0.05) is 23.7 Å². The minimum atomic E-state index is 0.350. The second-order valence-corrected chi connectivity index (χ2v) is 8.73. The topological polar surface area (TPSA) is 59.0 Å². The lowest BCUT2D eigenvalue weighted by atomic mass is 10.2. The smallest absolute Gasteiger partial charge is 0.191 e. The van der Waals surface area contributed by atoms with Gasteiger partial charge >= 0.3 is 0 Å². The molecule has 7 nitrogen and oxygen atoms in total. The minimum absolute atomic E-state index is 0.350. The highest BCUT2D eigenvalue weighted by atomic mass is 35.5. The average Bonchev–Trinajstić information content (AvgIpc) is 3.26. The number of benzene rings is 1. The molecule has 2 fully saturated rings. The van der Waals surface area contributed by atoms with Crippen molar-refractivity contribution in [2.24, 2.45) is 4.99 Å². The molecule has 8 heteroatoms. The molecule has 0 bridgehead atoms. The highest BCUT2D eigenvalue weighted by Crippen LogP contribution is 2.23. The van der Waals surface area contributed by atoms with Crippen molar-refractivity contribution in [3.05, 3.63) is 53.2 Å². The Morgan fingerprint density at radius 3 is 2.68 bits per heavy atom. The Morgan fingerprint density at radius 1 is 1.13 bits per heavy atom. The third-order valence-electron chi connectivity index (χ3n) is 6.02. The Bertz CT molecular complexity index is 878. The molecule has 3 heterocycles. The van der Waals surface area contributed by atoms with E-state index in [4.69, 9.17) is 11.6 Å². The maximum Gasteiger partial charge on any atom is 0.191 e. The van der Waals surface area contributed by atoms with Crippen LogP contribution in [0.15, 0.2) is 47.6 Å². The van der Waals surface area contributed by atoms with Crippen LogP contribution < -0.4 is 20.4 Å². The third-order valence-corrected chi connectivity index (χ3v) is 6.26. The molecule has 1 atom stereocenters. The summed E-state index contributed by atoms with van der Waals surface area (Å²) in [4.78, 5) is 16.1. The quantitative estimate of drug-likeness (QED) is 0.549. The summed E-state index contributed by atoms with van der Waals surface area (Å²) in [5.74, 6) is 1.88. The van der Waals surface area contributed by atoms with Crippen LogP contribution in [0.5, 0.6) is 0 Å². The number of piperazine rings is 1. The molecule has 2 aliphatic rings. The molecule has 1 aromatic carbocycles. The summed E-state index contributed by atoms with van der Waals surface area (Å²) in [6.45, 7) is 6.87. The van der Waals surface area contributed by atoms with E-state index in [0.717, 1.165) is 68.1 Å². The second-order valence-electron chi connectivity index (χ2n) is 8.30. The van der Waals surface area contributed by atoms with Gasteiger partial charge in [-0.05, 0) is 43.3 Å². The number of hydrogen-bond donors (Lipinski definition) is 2. The molecular weight excluding hydrogens is 410 g/mol. The number of hydrogen-bond acceptors (Lipinski definition) is 5. The van der Waals surface area contributed by atoms with Crippen LogP contribution in [0.3, 0.4) is 0 Å². The van der Waals surface area contributed by atoms with Gasteiger partial charge in [0.15, 0.2) is 5.96 Å². The second kappa shape index (κ2) is 10.2. The predicted octanol–water partition coefficient (Wildman–Crippen LogP) is 2.43. The molecule has 0 saturated carbocycles. The Labute approximate surface area is 190 Å². The van der Waals surface area contributed by atoms with Crippen molar-refractivity contribution in [1.29, 1.82) is 0 Å². The molecule has 1 aromatic heterocycles. The highest BCUT2D eigenvalue weighted by molar-refractivity contribution is 6.30. The molecule has 0 amide bonds. The van der Waals surface area contributed by atoms with Gasteiger partial charge in [0.25, 0.3) is 0 Å². The van der Waals surface area contributed by atoms with E-state index in [-0.39, 0.29) is 0 Å². The maximum atomic E-state index is 6.14. The van der Waals surface area contributed by atoms with Crippen LogP contribution in [0.1, 0.15) is 12.0 Å². The van der Waals surface area contributed by atoms with Crippen LogP contribution in [0.25, 0.3) is 0 Å². The molecule has 0 radical (unpaired) electrons. The molecule has 2 aliphatic heterocycles. The number of pyridine rings is 1. The van der Waals surface area contributed by atoms with Gasteiger partial charge in [0, 0.05) is 75.8 Å². The minimum Gasteiger partial charge on any atom is -0.369 e. The van der Waals surface area contributed by atoms with Crippen LogP contribution in [0.2, 0.25) is 5.02 Å². The standard InChI is InChI=1S/C23H32ClN7/c1-25-23(28-20-8-9-31(17-20)21-5-3-4-19(24)14-21)27-16-18-6-7-22(26-15-18)30-12-10-29(2)11-13-30/h3-7,14-15,20H,8-13,16-17H2,1-2H3,(H2,25,27,28). The lowest BCUT2D eigenvalue weighted by molar-refractivity contribution is 0.312. The van der Waals surface area contributed by atoms with Gasteiger partial charge in [-0.15, -0.1) is 0 Å². The Kier molecular flexibility index (Phi) is 7.14. The van der Waals surface area contributed by atoms with E-state index in [2.05, 4.69) is 60.6 Å². The third kappa shape index (κ3) is 5.80. The number of guanidine groups is 1. The molecule has 4 rings (SSSR count). The van der Waals surface area contributed by atoms with E-state index in [1.165, 1.54) is 5.69 Å². The summed E-state index contributed by atoms with van der Waals surface area (Å²) >= 11 is 6.14. The summed E-state index contributed by atoms with van der Waals surface area (Å²) in [5.41, 5.74) is 2.32. The van der Waals surface area contributed by atoms with Crippen molar-refractivity contribution in [2.75, 3.05) is 63.2 Å². The lowest BCUT2D eigenvalue weighted by Gasteiger charge is -2.33. The van der Waals surface area contributed by atoms with Gasteiger partial charge in [0.05, 0.1) is 0 Å². The molecule has 2 N–H and O–H groups in total. The van der Waals surface area contributed by atoms with Crippen LogP contribution in [0, 0.1) is 0 Å². The fourth-order valence-electron chi connectivity index (χ4n) is 4.10. The number of halogens is 1. The van der Waals surface area contributed by atoms with E-state index >= 15 is 0 Å². The van der Waals surface area contributed by atoms with Crippen molar-refractivity contribution in [3.8, 4) is 0 Å². The summed E-state index contributed by atoms with van der Waals surface area (Å²) < 4.78 is 0. The van der Waals surface area contributed by atoms with Crippen molar-refractivity contribution < 1.29 is 0 Å². The zero-order valence-electron chi connectivity index (χ0n) is 18.4. The Hall–Kier alpha value is -2.51. The predicted molar refractivity (Wildman–Crippen MR) is 129 cm³/mol. The van der Waals surface area contributed by atoms with Gasteiger partial charge in [-0.2, -0.15) is 0 Å². The van der Waals surface area contributed by atoms with Gasteiger partial charge in [-0.3, -0.25) is 4.99 Å². The molecule has 0 aliphatic carbocycles. The van der Waals surface area contributed by atoms with Crippen LogP contribution in [-0.2, 0) is 6.54 Å². The van der Waals surface area contributed by atoms with Gasteiger partial charge in [-0.25, -0.2) is 4.98 Å². The monoisotopic (exact) mass is 441 g/mol. The summed E-state index contributed by atoms with van der Waals surface area (Å²) in [7, 11) is 3.98. The SMILES string of the molecule is CN=C(NCc1ccc(N2CCN(C)CC2)nc1)NC1CCN(c2cccc(Cl)c2)C1. The zero-order valence-corrected chi connectivity index (χ0v) is 19.1. The number of anilines is 2. The number of likely N-dealkylation sites (N-methyl/N-ethyl adjacent to an activating group) is 1. The Morgan fingerprint density at radius 2 is 1.97 bits per heavy atom. The molecule has 166 valence electrons. The first-order valence-corrected chi connectivity index (χ1v) is 11.3. The lowest BCUT2D eigenvalue weighted by Crippen LogP contribution is -2.45. The summed E-state index contributed by atoms with van der Waals surface area (Å²) in [5, 5.41) is 7.75. The van der Waals surface area contributed by atoms with E-state index in [0.29, 0.717) is 12.6 Å². The summed E-state index contributed by atoms with van der Waals surface area (Å²) in [6, 6.07) is 12.7. The average molecular weight is 442 g/mol. The number of aliphatic imine (C=N–C) groups is 1. The van der Waals surface area contributed by atoms with Crippen molar-refractivity contribution >= 4 is 29.1 Å². The van der Waals surface area contributed by atoms with E-state index in [1.807, 2.05) is 31.4 Å². The van der Waals surface area contributed by atoms with Gasteiger partial charge in [0.1, 0.15) is 5.82 Å². The number of nitrogens with one attached hydrogen (secondary N) is 2. The van der Waals surface area contributed by atoms with Crippen molar-refractivity contribution in [3.63, 3.8) is 0 Å². The highest BCUT2D eigenvalue weighted by Gasteiger charge is 2.23. The molecule has 2 aromatic rings. The molecule has 0 spiro atoms. The Balaban J connectivity index is 1.25. The number of nitrogens with zero attached hydrogens (tertiary/aromatic N) is 5. The van der Waals surface area contributed by atoms with Crippen molar-refractivity contribution in [1.82, 2.24) is 20.5 Å². The number of rotatable bonds is 5. The van der Waals surface area contributed by atoms with Gasteiger partial charge in [0.2, 0.25) is 0 Å². The van der Waals surface area contributed by atoms with E-state index in [1.54, 1.807) is 0 Å². The molecule has 1 unspecified atom stereocenters. The van der Waals surface area contributed by atoms with Crippen LogP contribution >= 0.6 is 11.6 Å². The molecule has 2 saturated heterocycles. The normalized spacial score (nSPS) is 20.2. The van der Waals surface area contributed by atoms with Crippen LogP contribution in [-0.4, -0.2) is 75.2 Å². The fourth-order valence-corrected chi connectivity index (χ4v) is 4.29. The first-order valence-electron chi connectivity index (χ1n) is 11.0. The maximum absolute atomic E-state index is 6.14. The zero-order chi connectivity index (χ0) is 21.6. The van der Waals surface area contributed by atoms with E-state index < -0.39 is 0 Å². The first kappa shape index (κ1) is 21.7. The largest absolute Gasteiger partial charge is 0.369 e. The summed E-state index contributed by atoms with van der Waals surface area (Å²) in [6.07, 6.45) is 3.03. The van der Waals surface area contributed by atoms with Crippen LogP contribution in [0.4, 0.5) is 11.5 Å². The number of aromatic nitrogens is 1. The van der Waals surface area contributed by atoms with E-state index in [9.17, 15) is 0 Å². The first-order chi connectivity index (χ1) is 15.1. The van der Waals surface area contributed by atoms with Gasteiger partial charge < -0.3 is 25.3 Å². The fraction of sp³-hybridized carbons (Fsp3) is 0.478. The molecular formula is C23H32ClN7. The molecule has 31 heavy (non-hydrogen) atoms. The van der Waals surface area contributed by atoms with Crippen molar-refractivity contribution in [2.45, 2.75) is 19.0 Å².